The van der Waals surface area contributed by atoms with E-state index < -0.39 is 0 Å². The van der Waals surface area contributed by atoms with E-state index in [1.165, 1.54) is 32.1 Å². The third kappa shape index (κ3) is 7.88. The summed E-state index contributed by atoms with van der Waals surface area (Å²) in [7, 11) is 0. The lowest BCUT2D eigenvalue weighted by atomic mass is 9.81. The van der Waals surface area contributed by atoms with Crippen molar-refractivity contribution in [2.45, 2.75) is 73.6 Å². The Morgan fingerprint density at radius 1 is 0.867 bits per heavy atom. The third-order valence-corrected chi connectivity index (χ3v) is 3.61. The molecule has 0 heteroatoms. The fourth-order valence-corrected chi connectivity index (χ4v) is 2.29. The summed E-state index contributed by atoms with van der Waals surface area (Å²) >= 11 is 0. The number of hydrogen-bond acceptors (Lipinski definition) is 0. The smallest absolute Gasteiger partial charge is 0.0409 e. The van der Waals surface area contributed by atoms with Crippen LogP contribution in [0.1, 0.15) is 73.6 Å². The molecule has 0 aromatic rings. The van der Waals surface area contributed by atoms with E-state index in [1.54, 1.807) is 0 Å². The number of unbranched alkanes of at least 4 members (excludes halogenated alkanes) is 1. The lowest BCUT2D eigenvalue weighted by Crippen LogP contribution is -2.13. The minimum Gasteiger partial charge on any atom is -0.0654 e. The van der Waals surface area contributed by atoms with Crippen molar-refractivity contribution in [3.8, 4) is 0 Å². The van der Waals surface area contributed by atoms with Gasteiger partial charge >= 0.3 is 0 Å². The fourth-order valence-electron chi connectivity index (χ4n) is 2.29. The van der Waals surface area contributed by atoms with Crippen LogP contribution < -0.4 is 0 Å². The maximum atomic E-state index is 2.42. The molecule has 0 aliphatic rings. The quantitative estimate of drug-likeness (QED) is 0.497. The molecule has 0 aromatic heterocycles. The topological polar surface area (TPSA) is 0 Å². The van der Waals surface area contributed by atoms with Crippen molar-refractivity contribution in [2.24, 2.45) is 23.7 Å². The summed E-state index contributed by atoms with van der Waals surface area (Å²) in [6, 6.07) is 0. The molecule has 2 atom stereocenters. The SMILES string of the molecule is CCCCC(CC(C)C)CC(C)C(C)C. The monoisotopic (exact) mass is 212 g/mol. The molecule has 0 aliphatic heterocycles. The Bertz CT molecular complexity index is 135. The summed E-state index contributed by atoms with van der Waals surface area (Å²) in [6.07, 6.45) is 7.09. The summed E-state index contributed by atoms with van der Waals surface area (Å²) in [5.41, 5.74) is 0. The normalized spacial score (nSPS) is 16.0. The van der Waals surface area contributed by atoms with Crippen LogP contribution in [0.2, 0.25) is 0 Å². The van der Waals surface area contributed by atoms with Crippen LogP contribution in [0.15, 0.2) is 0 Å². The molecule has 0 aliphatic carbocycles. The summed E-state index contributed by atoms with van der Waals surface area (Å²) in [4.78, 5) is 0. The van der Waals surface area contributed by atoms with Crippen LogP contribution in [-0.2, 0) is 0 Å². The van der Waals surface area contributed by atoms with Gasteiger partial charge in [0, 0.05) is 0 Å². The van der Waals surface area contributed by atoms with E-state index in [1.807, 2.05) is 0 Å². The average Bonchev–Trinajstić information content (AvgIpc) is 2.13. The Morgan fingerprint density at radius 3 is 1.87 bits per heavy atom. The highest BCUT2D eigenvalue weighted by molar-refractivity contribution is 4.67. The van der Waals surface area contributed by atoms with E-state index in [4.69, 9.17) is 0 Å². The second-order valence-corrected chi connectivity index (χ2v) is 6.09. The van der Waals surface area contributed by atoms with E-state index >= 15 is 0 Å². The molecule has 0 aromatic carbocycles. The molecule has 0 rings (SSSR count). The van der Waals surface area contributed by atoms with Crippen molar-refractivity contribution in [2.75, 3.05) is 0 Å². The van der Waals surface area contributed by atoms with Gasteiger partial charge in [-0.3, -0.25) is 0 Å². The van der Waals surface area contributed by atoms with Gasteiger partial charge < -0.3 is 0 Å². The van der Waals surface area contributed by atoms with Crippen LogP contribution in [0.4, 0.5) is 0 Å². The molecular formula is C15H32. The number of hydrogen-bond donors (Lipinski definition) is 0. The Morgan fingerprint density at radius 2 is 1.47 bits per heavy atom. The summed E-state index contributed by atoms with van der Waals surface area (Å²) in [5.74, 6) is 3.58. The highest BCUT2D eigenvalue weighted by Gasteiger charge is 2.16. The van der Waals surface area contributed by atoms with Crippen molar-refractivity contribution in [1.29, 1.82) is 0 Å². The fraction of sp³-hybridized carbons (Fsp3) is 1.00. The van der Waals surface area contributed by atoms with Crippen LogP contribution in [-0.4, -0.2) is 0 Å². The predicted octanol–water partition coefficient (Wildman–Crippen LogP) is 5.52. The summed E-state index contributed by atoms with van der Waals surface area (Å²) in [6.45, 7) is 14.2. The van der Waals surface area contributed by atoms with Crippen LogP contribution in [0.5, 0.6) is 0 Å². The number of rotatable bonds is 8. The minimum absolute atomic E-state index is 0.848. The molecule has 0 bridgehead atoms. The van der Waals surface area contributed by atoms with Gasteiger partial charge in [-0.05, 0) is 36.5 Å². The van der Waals surface area contributed by atoms with Crippen LogP contribution in [0.25, 0.3) is 0 Å². The zero-order valence-corrected chi connectivity index (χ0v) is 11.8. The average molecular weight is 212 g/mol. The zero-order chi connectivity index (χ0) is 11.8. The minimum atomic E-state index is 0.848. The van der Waals surface area contributed by atoms with Crippen LogP contribution in [0.3, 0.4) is 0 Å². The van der Waals surface area contributed by atoms with Gasteiger partial charge in [0.05, 0.1) is 0 Å². The molecule has 0 radical (unpaired) electrons. The molecular weight excluding hydrogens is 180 g/mol. The van der Waals surface area contributed by atoms with Crippen molar-refractivity contribution in [3.05, 3.63) is 0 Å². The molecule has 0 saturated heterocycles. The largest absolute Gasteiger partial charge is 0.0654 e. The first-order chi connectivity index (χ1) is 6.97. The van der Waals surface area contributed by atoms with E-state index in [0.717, 1.165) is 23.7 Å². The molecule has 92 valence electrons. The van der Waals surface area contributed by atoms with Gasteiger partial charge in [-0.15, -0.1) is 0 Å². The lowest BCUT2D eigenvalue weighted by Gasteiger charge is -2.24. The maximum Gasteiger partial charge on any atom is -0.0409 e. The first-order valence-electron chi connectivity index (χ1n) is 6.97. The van der Waals surface area contributed by atoms with Crippen molar-refractivity contribution >= 4 is 0 Å². The molecule has 15 heavy (non-hydrogen) atoms. The molecule has 0 amide bonds. The van der Waals surface area contributed by atoms with Crippen LogP contribution >= 0.6 is 0 Å². The van der Waals surface area contributed by atoms with E-state index in [9.17, 15) is 0 Å². The van der Waals surface area contributed by atoms with Gasteiger partial charge in [-0.2, -0.15) is 0 Å². The van der Waals surface area contributed by atoms with Crippen molar-refractivity contribution in [1.82, 2.24) is 0 Å². The Labute approximate surface area is 97.8 Å². The lowest BCUT2D eigenvalue weighted by molar-refractivity contribution is 0.270. The Balaban J connectivity index is 3.99. The third-order valence-electron chi connectivity index (χ3n) is 3.61. The van der Waals surface area contributed by atoms with Gasteiger partial charge in [-0.1, -0.05) is 60.8 Å². The Kier molecular flexibility index (Phi) is 8.19. The standard InChI is InChI=1S/C15H32/c1-7-8-9-15(10-12(2)3)11-14(6)13(4)5/h12-15H,7-11H2,1-6H3. The molecule has 0 nitrogen and oxygen atoms in total. The van der Waals surface area contributed by atoms with Gasteiger partial charge in [0.15, 0.2) is 0 Å². The maximum absolute atomic E-state index is 2.42. The first kappa shape index (κ1) is 15.0. The molecule has 0 N–H and O–H groups in total. The Hall–Kier alpha value is 0. The van der Waals surface area contributed by atoms with Crippen molar-refractivity contribution < 1.29 is 0 Å². The second kappa shape index (κ2) is 8.19. The van der Waals surface area contributed by atoms with Crippen molar-refractivity contribution in [3.63, 3.8) is 0 Å². The van der Waals surface area contributed by atoms with E-state index in [-0.39, 0.29) is 0 Å². The van der Waals surface area contributed by atoms with E-state index in [2.05, 4.69) is 41.5 Å². The van der Waals surface area contributed by atoms with Gasteiger partial charge in [0.2, 0.25) is 0 Å². The van der Waals surface area contributed by atoms with Gasteiger partial charge in [0.25, 0.3) is 0 Å². The highest BCUT2D eigenvalue weighted by Crippen LogP contribution is 2.28. The highest BCUT2D eigenvalue weighted by atomic mass is 14.2. The molecule has 0 spiro atoms. The molecule has 0 saturated carbocycles. The zero-order valence-electron chi connectivity index (χ0n) is 11.8. The predicted molar refractivity (Wildman–Crippen MR) is 71.1 cm³/mol. The van der Waals surface area contributed by atoms with Gasteiger partial charge in [0.1, 0.15) is 0 Å². The summed E-state index contributed by atoms with van der Waals surface area (Å²) in [5, 5.41) is 0. The molecule has 2 unspecified atom stereocenters. The van der Waals surface area contributed by atoms with E-state index in [0.29, 0.717) is 0 Å². The first-order valence-corrected chi connectivity index (χ1v) is 6.97. The summed E-state index contributed by atoms with van der Waals surface area (Å²) < 4.78 is 0. The molecule has 0 fully saturated rings. The second-order valence-electron chi connectivity index (χ2n) is 6.09. The van der Waals surface area contributed by atoms with Crippen LogP contribution in [0, 0.1) is 23.7 Å². The van der Waals surface area contributed by atoms with Gasteiger partial charge in [-0.25, -0.2) is 0 Å². The molecule has 0 heterocycles.